The van der Waals surface area contributed by atoms with Gasteiger partial charge in [-0.2, -0.15) is 0 Å². The Balaban J connectivity index is 2.05. The quantitative estimate of drug-likeness (QED) is 0.792. The number of benzene rings is 2. The fourth-order valence-corrected chi connectivity index (χ4v) is 3.17. The molecular formula is C17H14ClFN2O3. The largest absolute Gasteiger partial charge is 0.479 e. The van der Waals surface area contributed by atoms with Crippen molar-refractivity contribution in [3.05, 3.63) is 58.9 Å². The Bertz CT molecular complexity index is 825. The first-order chi connectivity index (χ1) is 11.3. The highest BCUT2D eigenvalue weighted by Crippen LogP contribution is 2.54. The van der Waals surface area contributed by atoms with Gasteiger partial charge in [0.25, 0.3) is 0 Å². The smallest absolute Gasteiger partial charge is 0.330 e. The van der Waals surface area contributed by atoms with Gasteiger partial charge in [0, 0.05) is 10.9 Å². The molecule has 2 unspecified atom stereocenters. The van der Waals surface area contributed by atoms with Crippen LogP contribution in [0.4, 0.5) is 9.18 Å². The van der Waals surface area contributed by atoms with Crippen LogP contribution >= 0.6 is 11.6 Å². The first-order valence-corrected chi connectivity index (χ1v) is 7.58. The Morgan fingerprint density at radius 3 is 2.50 bits per heavy atom. The predicted molar refractivity (Wildman–Crippen MR) is 87.3 cm³/mol. The van der Waals surface area contributed by atoms with Crippen LogP contribution in [0.3, 0.4) is 0 Å². The summed E-state index contributed by atoms with van der Waals surface area (Å²) >= 11 is 6.06. The second-order valence-electron chi connectivity index (χ2n) is 5.76. The van der Waals surface area contributed by atoms with E-state index in [2.05, 4.69) is 5.32 Å². The molecule has 0 bridgehead atoms. The molecule has 4 N–H and O–H groups in total. The fourth-order valence-electron chi connectivity index (χ4n) is 3.00. The molecule has 0 radical (unpaired) electrons. The Labute approximate surface area is 142 Å². The molecule has 2 aromatic rings. The number of carboxylic acid groups (broad SMARTS) is 1. The van der Waals surface area contributed by atoms with Crippen LogP contribution < -0.4 is 11.1 Å². The Morgan fingerprint density at radius 2 is 1.92 bits per heavy atom. The van der Waals surface area contributed by atoms with E-state index in [1.807, 2.05) is 0 Å². The van der Waals surface area contributed by atoms with E-state index in [9.17, 15) is 19.1 Å². The van der Waals surface area contributed by atoms with Crippen molar-refractivity contribution in [2.45, 2.75) is 17.9 Å². The molecule has 5 nitrogen and oxygen atoms in total. The van der Waals surface area contributed by atoms with Gasteiger partial charge in [-0.25, -0.2) is 14.0 Å². The molecule has 0 saturated heterocycles. The van der Waals surface area contributed by atoms with Crippen molar-refractivity contribution in [1.29, 1.82) is 0 Å². The number of hydrogen-bond acceptors (Lipinski definition) is 2. The van der Waals surface area contributed by atoms with Gasteiger partial charge in [-0.05, 0) is 47.4 Å². The summed E-state index contributed by atoms with van der Waals surface area (Å²) in [6, 6.07) is 10.0. The lowest BCUT2D eigenvalue weighted by atomic mass is 9.94. The molecule has 7 heteroatoms. The number of halogens is 2. The lowest BCUT2D eigenvalue weighted by Gasteiger charge is -2.16. The summed E-state index contributed by atoms with van der Waals surface area (Å²) in [5.41, 5.74) is 5.80. The lowest BCUT2D eigenvalue weighted by Crippen LogP contribution is -2.47. The highest BCUT2D eigenvalue weighted by atomic mass is 35.5. The number of primary amides is 1. The topological polar surface area (TPSA) is 92.4 Å². The maximum Gasteiger partial charge on any atom is 0.330 e. The van der Waals surface area contributed by atoms with Crippen LogP contribution in [0, 0.1) is 5.82 Å². The van der Waals surface area contributed by atoms with Gasteiger partial charge in [0.2, 0.25) is 0 Å². The van der Waals surface area contributed by atoms with Crippen molar-refractivity contribution < 1.29 is 19.1 Å². The second kappa shape index (κ2) is 5.79. The van der Waals surface area contributed by atoms with E-state index < -0.39 is 23.5 Å². The zero-order valence-corrected chi connectivity index (χ0v) is 13.2. The van der Waals surface area contributed by atoms with Crippen molar-refractivity contribution in [3.8, 4) is 11.1 Å². The standard InChI is InChI=1S/C17H14ClFN2O3/c18-10-3-6-12(13(7-10)9-1-4-11(19)5-2-9)14-8-17(14,15(22)23)21-16(20)24/h1-7,14H,8H2,(H,22,23)(H3,20,21,24). The van der Waals surface area contributed by atoms with Crippen molar-refractivity contribution in [2.75, 3.05) is 0 Å². The summed E-state index contributed by atoms with van der Waals surface area (Å²) in [6.07, 6.45) is 0.223. The third kappa shape index (κ3) is 2.80. The second-order valence-corrected chi connectivity index (χ2v) is 6.20. The van der Waals surface area contributed by atoms with E-state index in [0.717, 1.165) is 0 Å². The van der Waals surface area contributed by atoms with Gasteiger partial charge >= 0.3 is 12.0 Å². The number of carboxylic acids is 1. The van der Waals surface area contributed by atoms with Crippen molar-refractivity contribution in [3.63, 3.8) is 0 Å². The van der Waals surface area contributed by atoms with E-state index in [1.165, 1.54) is 12.1 Å². The van der Waals surface area contributed by atoms with Gasteiger partial charge < -0.3 is 16.2 Å². The van der Waals surface area contributed by atoms with Gasteiger partial charge in [-0.15, -0.1) is 0 Å². The predicted octanol–water partition coefficient (Wildman–Crippen LogP) is 3.13. The van der Waals surface area contributed by atoms with Crippen LogP contribution in [0.1, 0.15) is 17.9 Å². The highest BCUT2D eigenvalue weighted by molar-refractivity contribution is 6.30. The fraction of sp³-hybridized carbons (Fsp3) is 0.176. The number of carbonyl (C=O) groups excluding carboxylic acids is 1. The van der Waals surface area contributed by atoms with Crippen molar-refractivity contribution in [1.82, 2.24) is 5.32 Å². The van der Waals surface area contributed by atoms with E-state index in [0.29, 0.717) is 21.7 Å². The minimum atomic E-state index is -1.42. The molecule has 24 heavy (non-hydrogen) atoms. The number of rotatable bonds is 4. The molecule has 1 aliphatic rings. The van der Waals surface area contributed by atoms with Gasteiger partial charge in [0.05, 0.1) is 0 Å². The van der Waals surface area contributed by atoms with Crippen LogP contribution in [0.25, 0.3) is 11.1 Å². The molecule has 124 valence electrons. The average Bonchev–Trinajstić information content (AvgIpc) is 3.22. The zero-order valence-electron chi connectivity index (χ0n) is 12.4. The summed E-state index contributed by atoms with van der Waals surface area (Å²) < 4.78 is 13.2. The number of hydrogen-bond donors (Lipinski definition) is 3. The highest BCUT2D eigenvalue weighted by Gasteiger charge is 2.62. The Kier molecular flexibility index (Phi) is 3.93. The zero-order chi connectivity index (χ0) is 17.5. The minimum absolute atomic E-state index is 0.223. The molecule has 2 amide bonds. The molecule has 1 fully saturated rings. The summed E-state index contributed by atoms with van der Waals surface area (Å²) in [7, 11) is 0. The summed E-state index contributed by atoms with van der Waals surface area (Å²) in [5.74, 6) is -1.96. The molecule has 0 aromatic heterocycles. The van der Waals surface area contributed by atoms with E-state index >= 15 is 0 Å². The summed E-state index contributed by atoms with van der Waals surface area (Å²) in [5, 5.41) is 12.3. The monoisotopic (exact) mass is 348 g/mol. The molecule has 2 atom stereocenters. The van der Waals surface area contributed by atoms with E-state index in [-0.39, 0.29) is 12.2 Å². The summed E-state index contributed by atoms with van der Waals surface area (Å²) in [4.78, 5) is 22.8. The number of carbonyl (C=O) groups is 2. The third-order valence-electron chi connectivity index (χ3n) is 4.23. The molecular weight excluding hydrogens is 335 g/mol. The number of nitrogens with one attached hydrogen (secondary N) is 1. The molecule has 1 aliphatic carbocycles. The number of aliphatic carboxylic acids is 1. The van der Waals surface area contributed by atoms with Crippen LogP contribution in [-0.4, -0.2) is 22.6 Å². The average molecular weight is 349 g/mol. The van der Waals surface area contributed by atoms with Crippen LogP contribution in [0.15, 0.2) is 42.5 Å². The SMILES string of the molecule is NC(=O)NC1(C(=O)O)CC1c1ccc(Cl)cc1-c1ccc(F)cc1. The molecule has 2 aromatic carbocycles. The third-order valence-corrected chi connectivity index (χ3v) is 4.47. The van der Waals surface area contributed by atoms with Crippen molar-refractivity contribution >= 4 is 23.6 Å². The maximum absolute atomic E-state index is 13.2. The van der Waals surface area contributed by atoms with E-state index in [1.54, 1.807) is 30.3 Å². The van der Waals surface area contributed by atoms with Gasteiger partial charge in [0.1, 0.15) is 11.4 Å². The first kappa shape index (κ1) is 16.3. The van der Waals surface area contributed by atoms with Crippen LogP contribution in [0.5, 0.6) is 0 Å². The molecule has 3 rings (SSSR count). The minimum Gasteiger partial charge on any atom is -0.479 e. The molecule has 0 aliphatic heterocycles. The first-order valence-electron chi connectivity index (χ1n) is 7.20. The maximum atomic E-state index is 13.2. The lowest BCUT2D eigenvalue weighted by molar-refractivity contribution is -0.140. The summed E-state index contributed by atoms with van der Waals surface area (Å²) in [6.45, 7) is 0. The number of urea groups is 1. The van der Waals surface area contributed by atoms with Gasteiger partial charge in [-0.1, -0.05) is 29.8 Å². The van der Waals surface area contributed by atoms with Crippen LogP contribution in [-0.2, 0) is 4.79 Å². The van der Waals surface area contributed by atoms with E-state index in [4.69, 9.17) is 17.3 Å². The van der Waals surface area contributed by atoms with Crippen LogP contribution in [0.2, 0.25) is 5.02 Å². The van der Waals surface area contributed by atoms with Gasteiger partial charge in [0.15, 0.2) is 0 Å². The Hall–Kier alpha value is -2.60. The molecule has 0 spiro atoms. The van der Waals surface area contributed by atoms with Gasteiger partial charge in [-0.3, -0.25) is 0 Å². The normalized spacial score (nSPS) is 22.0. The number of amides is 2. The Morgan fingerprint density at radius 1 is 1.25 bits per heavy atom. The van der Waals surface area contributed by atoms with Crippen molar-refractivity contribution in [2.24, 2.45) is 5.73 Å². The number of nitrogens with two attached hydrogens (primary N) is 1. The molecule has 1 saturated carbocycles. The molecule has 0 heterocycles.